The van der Waals surface area contributed by atoms with E-state index in [4.69, 9.17) is 0 Å². The van der Waals surface area contributed by atoms with E-state index in [1.807, 2.05) is 19.1 Å². The molecule has 0 bridgehead atoms. The number of carbonyl (C=O) groups excluding carboxylic acids is 1. The molecule has 0 radical (unpaired) electrons. The van der Waals surface area contributed by atoms with E-state index in [2.05, 4.69) is 10.6 Å². The SMILES string of the molecule is Cc1cccc(NC(=O)CC2CCNC2)c1O. The lowest BCUT2D eigenvalue weighted by Crippen LogP contribution is -2.18. The smallest absolute Gasteiger partial charge is 0.224 e. The van der Waals surface area contributed by atoms with Gasteiger partial charge in [0.15, 0.2) is 0 Å². The molecule has 17 heavy (non-hydrogen) atoms. The van der Waals surface area contributed by atoms with Gasteiger partial charge in [-0.05, 0) is 44.0 Å². The molecule has 92 valence electrons. The molecular formula is C13H18N2O2. The third kappa shape index (κ3) is 2.97. The highest BCUT2D eigenvalue weighted by Crippen LogP contribution is 2.27. The molecule has 1 atom stereocenters. The first-order valence-electron chi connectivity index (χ1n) is 5.96. The Kier molecular flexibility index (Phi) is 3.64. The number of anilines is 1. The van der Waals surface area contributed by atoms with Crippen LogP contribution in [0.25, 0.3) is 0 Å². The van der Waals surface area contributed by atoms with Crippen LogP contribution in [0.3, 0.4) is 0 Å². The van der Waals surface area contributed by atoms with Crippen LogP contribution >= 0.6 is 0 Å². The van der Waals surface area contributed by atoms with E-state index >= 15 is 0 Å². The number of hydrogen-bond donors (Lipinski definition) is 3. The lowest BCUT2D eigenvalue weighted by atomic mass is 10.0. The van der Waals surface area contributed by atoms with Gasteiger partial charge in [0.2, 0.25) is 5.91 Å². The van der Waals surface area contributed by atoms with E-state index in [1.54, 1.807) is 6.07 Å². The fraction of sp³-hybridized carbons (Fsp3) is 0.462. The van der Waals surface area contributed by atoms with Crippen molar-refractivity contribution in [1.82, 2.24) is 5.32 Å². The molecule has 4 nitrogen and oxygen atoms in total. The number of hydrogen-bond acceptors (Lipinski definition) is 3. The highest BCUT2D eigenvalue weighted by atomic mass is 16.3. The van der Waals surface area contributed by atoms with Crippen LogP contribution in [0.4, 0.5) is 5.69 Å². The number of para-hydroxylation sites is 1. The Labute approximate surface area is 101 Å². The van der Waals surface area contributed by atoms with Crippen molar-refractivity contribution in [2.45, 2.75) is 19.8 Å². The maximum absolute atomic E-state index is 11.8. The Balaban J connectivity index is 1.95. The topological polar surface area (TPSA) is 61.4 Å². The monoisotopic (exact) mass is 234 g/mol. The summed E-state index contributed by atoms with van der Waals surface area (Å²) in [6.45, 7) is 3.72. The van der Waals surface area contributed by atoms with Crippen LogP contribution in [0.2, 0.25) is 0 Å². The minimum absolute atomic E-state index is 0.0281. The summed E-state index contributed by atoms with van der Waals surface area (Å²) < 4.78 is 0. The first-order valence-corrected chi connectivity index (χ1v) is 5.96. The molecule has 2 rings (SSSR count). The zero-order chi connectivity index (χ0) is 12.3. The molecular weight excluding hydrogens is 216 g/mol. The number of phenolic OH excluding ortho intramolecular Hbond substituents is 1. The van der Waals surface area contributed by atoms with Gasteiger partial charge in [-0.3, -0.25) is 4.79 Å². The van der Waals surface area contributed by atoms with E-state index < -0.39 is 0 Å². The number of rotatable bonds is 3. The minimum Gasteiger partial charge on any atom is -0.505 e. The summed E-state index contributed by atoms with van der Waals surface area (Å²) in [4.78, 5) is 11.8. The average molecular weight is 234 g/mol. The normalized spacial score (nSPS) is 19.2. The second-order valence-corrected chi connectivity index (χ2v) is 4.58. The molecule has 1 saturated heterocycles. The molecule has 0 spiro atoms. The lowest BCUT2D eigenvalue weighted by Gasteiger charge is -2.11. The first-order chi connectivity index (χ1) is 8.16. The van der Waals surface area contributed by atoms with E-state index in [0.29, 0.717) is 18.0 Å². The van der Waals surface area contributed by atoms with Crippen LogP contribution in [0.5, 0.6) is 5.75 Å². The van der Waals surface area contributed by atoms with Gasteiger partial charge < -0.3 is 15.7 Å². The number of amides is 1. The predicted molar refractivity (Wildman–Crippen MR) is 67.1 cm³/mol. The Morgan fingerprint density at radius 1 is 1.59 bits per heavy atom. The summed E-state index contributed by atoms with van der Waals surface area (Å²) in [5.74, 6) is 0.548. The Morgan fingerprint density at radius 2 is 2.41 bits per heavy atom. The van der Waals surface area contributed by atoms with Gasteiger partial charge >= 0.3 is 0 Å². The van der Waals surface area contributed by atoms with E-state index in [-0.39, 0.29) is 11.7 Å². The Hall–Kier alpha value is -1.55. The molecule has 1 aliphatic rings. The van der Waals surface area contributed by atoms with Crippen LogP contribution < -0.4 is 10.6 Å². The Bertz CT molecular complexity index is 412. The predicted octanol–water partition coefficient (Wildman–Crippen LogP) is 1.64. The van der Waals surface area contributed by atoms with Crippen LogP contribution in [0.15, 0.2) is 18.2 Å². The van der Waals surface area contributed by atoms with Crippen molar-refractivity contribution >= 4 is 11.6 Å². The molecule has 0 aliphatic carbocycles. The van der Waals surface area contributed by atoms with E-state index in [0.717, 1.165) is 25.1 Å². The number of aromatic hydroxyl groups is 1. The number of carbonyl (C=O) groups is 1. The van der Waals surface area contributed by atoms with Gasteiger partial charge in [-0.25, -0.2) is 0 Å². The van der Waals surface area contributed by atoms with Crippen molar-refractivity contribution in [2.75, 3.05) is 18.4 Å². The number of phenols is 1. The van der Waals surface area contributed by atoms with Crippen molar-refractivity contribution in [2.24, 2.45) is 5.92 Å². The third-order valence-electron chi connectivity index (χ3n) is 3.15. The second kappa shape index (κ2) is 5.19. The van der Waals surface area contributed by atoms with Crippen LogP contribution in [0, 0.1) is 12.8 Å². The van der Waals surface area contributed by atoms with Crippen molar-refractivity contribution in [1.29, 1.82) is 0 Å². The molecule has 3 N–H and O–H groups in total. The van der Waals surface area contributed by atoms with Gasteiger partial charge in [-0.15, -0.1) is 0 Å². The van der Waals surface area contributed by atoms with Crippen molar-refractivity contribution < 1.29 is 9.90 Å². The number of aryl methyl sites for hydroxylation is 1. The van der Waals surface area contributed by atoms with Gasteiger partial charge in [0.25, 0.3) is 0 Å². The number of benzene rings is 1. The quantitative estimate of drug-likeness (QED) is 0.697. The van der Waals surface area contributed by atoms with E-state index in [9.17, 15) is 9.90 Å². The fourth-order valence-corrected chi connectivity index (χ4v) is 2.11. The van der Waals surface area contributed by atoms with Gasteiger partial charge in [0.05, 0.1) is 5.69 Å². The van der Waals surface area contributed by atoms with E-state index in [1.165, 1.54) is 0 Å². The summed E-state index contributed by atoms with van der Waals surface area (Å²) >= 11 is 0. The molecule has 1 aromatic carbocycles. The molecule has 4 heteroatoms. The highest BCUT2D eigenvalue weighted by Gasteiger charge is 2.18. The highest BCUT2D eigenvalue weighted by molar-refractivity contribution is 5.92. The molecule has 1 fully saturated rings. The summed E-state index contributed by atoms with van der Waals surface area (Å²) in [5.41, 5.74) is 1.27. The molecule has 0 saturated carbocycles. The summed E-state index contributed by atoms with van der Waals surface area (Å²) in [6, 6.07) is 5.35. The zero-order valence-electron chi connectivity index (χ0n) is 9.99. The van der Waals surface area contributed by atoms with Gasteiger partial charge in [0, 0.05) is 6.42 Å². The van der Waals surface area contributed by atoms with Gasteiger partial charge in [0.1, 0.15) is 5.75 Å². The fourth-order valence-electron chi connectivity index (χ4n) is 2.11. The summed E-state index contributed by atoms with van der Waals surface area (Å²) in [7, 11) is 0. The summed E-state index contributed by atoms with van der Waals surface area (Å²) in [5, 5.41) is 15.8. The molecule has 1 aliphatic heterocycles. The van der Waals surface area contributed by atoms with Gasteiger partial charge in [-0.2, -0.15) is 0 Å². The van der Waals surface area contributed by atoms with Crippen LogP contribution in [-0.2, 0) is 4.79 Å². The maximum Gasteiger partial charge on any atom is 0.224 e. The second-order valence-electron chi connectivity index (χ2n) is 4.58. The van der Waals surface area contributed by atoms with Crippen LogP contribution in [-0.4, -0.2) is 24.1 Å². The molecule has 1 aromatic rings. The average Bonchev–Trinajstić information content (AvgIpc) is 2.77. The molecule has 1 heterocycles. The number of nitrogens with one attached hydrogen (secondary N) is 2. The maximum atomic E-state index is 11.8. The van der Waals surface area contributed by atoms with Crippen LogP contribution in [0.1, 0.15) is 18.4 Å². The van der Waals surface area contributed by atoms with Gasteiger partial charge in [-0.1, -0.05) is 12.1 Å². The summed E-state index contributed by atoms with van der Waals surface area (Å²) in [6.07, 6.45) is 1.56. The van der Waals surface area contributed by atoms with Crippen molar-refractivity contribution in [3.63, 3.8) is 0 Å². The molecule has 0 aromatic heterocycles. The molecule has 1 unspecified atom stereocenters. The van der Waals surface area contributed by atoms with Crippen molar-refractivity contribution in [3.05, 3.63) is 23.8 Å². The zero-order valence-corrected chi connectivity index (χ0v) is 9.99. The Morgan fingerprint density at radius 3 is 3.12 bits per heavy atom. The molecule has 1 amide bonds. The standard InChI is InChI=1S/C13H18N2O2/c1-9-3-2-4-11(13(9)17)15-12(16)7-10-5-6-14-8-10/h2-4,10,14,17H,5-8H2,1H3,(H,15,16). The first kappa shape index (κ1) is 11.9. The van der Waals surface area contributed by atoms with Crippen molar-refractivity contribution in [3.8, 4) is 5.75 Å². The largest absolute Gasteiger partial charge is 0.505 e. The lowest BCUT2D eigenvalue weighted by molar-refractivity contribution is -0.117. The third-order valence-corrected chi connectivity index (χ3v) is 3.15. The minimum atomic E-state index is -0.0281.